The maximum Gasteiger partial charge on any atom is 0.281 e. The van der Waals surface area contributed by atoms with Gasteiger partial charge in [0.05, 0.1) is 4.90 Å². The highest BCUT2D eigenvalue weighted by Crippen LogP contribution is 2.19. The summed E-state index contributed by atoms with van der Waals surface area (Å²) in [6, 6.07) is 6.15. The normalized spacial score (nSPS) is 14.9. The average Bonchev–Trinajstić information content (AvgIpc) is 3.03. The lowest BCUT2D eigenvalue weighted by molar-refractivity contribution is -0.116. The third kappa shape index (κ3) is 5.46. The van der Waals surface area contributed by atoms with Crippen molar-refractivity contribution < 1.29 is 18.0 Å². The monoisotopic (exact) mass is 399 g/mol. The van der Waals surface area contributed by atoms with Gasteiger partial charge in [0.15, 0.2) is 0 Å². The Bertz CT molecular complexity index is 735. The van der Waals surface area contributed by atoms with E-state index in [4.69, 9.17) is 0 Å². The number of carbonyl (C=O) groups excluding carboxylic acids is 2. The zero-order chi connectivity index (χ0) is 19.2. The SMILES string of the molecule is CCCCN(C)S(=O)(=O)c1ccc(NC(=O)CCN2CCSC2=O)cc1. The maximum atomic E-state index is 12.5. The molecule has 2 rings (SSSR count). The first-order valence-corrected chi connectivity index (χ1v) is 11.0. The number of nitrogens with one attached hydrogen (secondary N) is 1. The van der Waals surface area contributed by atoms with Gasteiger partial charge < -0.3 is 10.2 Å². The van der Waals surface area contributed by atoms with Crippen molar-refractivity contribution in [2.45, 2.75) is 31.1 Å². The molecule has 1 aromatic rings. The van der Waals surface area contributed by atoms with E-state index in [2.05, 4.69) is 5.32 Å². The highest BCUT2D eigenvalue weighted by Gasteiger charge is 2.22. The van der Waals surface area contributed by atoms with Crippen LogP contribution in [0.3, 0.4) is 0 Å². The van der Waals surface area contributed by atoms with Crippen LogP contribution >= 0.6 is 11.8 Å². The van der Waals surface area contributed by atoms with Crippen molar-refractivity contribution in [2.75, 3.05) is 37.8 Å². The minimum atomic E-state index is -3.51. The van der Waals surface area contributed by atoms with Gasteiger partial charge >= 0.3 is 0 Å². The quantitative estimate of drug-likeness (QED) is 0.690. The molecule has 144 valence electrons. The first-order valence-electron chi connectivity index (χ1n) is 8.62. The molecule has 0 aliphatic carbocycles. The van der Waals surface area contributed by atoms with Gasteiger partial charge in [-0.15, -0.1) is 0 Å². The average molecular weight is 400 g/mol. The van der Waals surface area contributed by atoms with Crippen LogP contribution in [0.2, 0.25) is 0 Å². The van der Waals surface area contributed by atoms with E-state index in [1.54, 1.807) is 24.1 Å². The van der Waals surface area contributed by atoms with Crippen LogP contribution in [0.4, 0.5) is 10.5 Å². The summed E-state index contributed by atoms with van der Waals surface area (Å²) in [4.78, 5) is 25.4. The Hall–Kier alpha value is -1.58. The molecule has 0 radical (unpaired) electrons. The molecule has 1 fully saturated rings. The summed E-state index contributed by atoms with van der Waals surface area (Å²) in [7, 11) is -1.94. The summed E-state index contributed by atoms with van der Waals surface area (Å²) >= 11 is 1.27. The number of hydrogen-bond donors (Lipinski definition) is 1. The molecule has 7 nitrogen and oxygen atoms in total. The fourth-order valence-corrected chi connectivity index (χ4v) is 4.54. The van der Waals surface area contributed by atoms with Crippen LogP contribution in [0.1, 0.15) is 26.2 Å². The summed E-state index contributed by atoms with van der Waals surface area (Å²) in [6.45, 7) is 3.56. The molecule has 0 spiro atoms. The molecule has 1 heterocycles. The van der Waals surface area contributed by atoms with E-state index in [9.17, 15) is 18.0 Å². The first-order chi connectivity index (χ1) is 12.3. The van der Waals surface area contributed by atoms with Crippen molar-refractivity contribution >= 4 is 38.6 Å². The van der Waals surface area contributed by atoms with Gasteiger partial charge in [0.1, 0.15) is 0 Å². The third-order valence-electron chi connectivity index (χ3n) is 4.13. The fraction of sp³-hybridized carbons (Fsp3) is 0.529. The molecule has 2 amide bonds. The van der Waals surface area contributed by atoms with Crippen molar-refractivity contribution in [3.05, 3.63) is 24.3 Å². The van der Waals surface area contributed by atoms with E-state index in [1.165, 1.54) is 28.2 Å². The predicted octanol–water partition coefficient (Wildman–Crippen LogP) is 2.60. The number of sulfonamides is 1. The number of rotatable bonds is 9. The molecule has 1 aromatic carbocycles. The Morgan fingerprint density at radius 2 is 2.00 bits per heavy atom. The molecule has 1 aliphatic rings. The standard InChI is InChI=1S/C17H25N3O4S2/c1-3-4-10-19(2)26(23,24)15-7-5-14(6-8-15)18-16(21)9-11-20-12-13-25-17(20)22/h5-8H,3-4,9-13H2,1-2H3,(H,18,21). The van der Waals surface area contributed by atoms with E-state index in [0.29, 0.717) is 25.3 Å². The zero-order valence-electron chi connectivity index (χ0n) is 15.1. The first kappa shape index (κ1) is 20.7. The van der Waals surface area contributed by atoms with Crippen molar-refractivity contribution in [3.8, 4) is 0 Å². The molecule has 1 N–H and O–H groups in total. The smallest absolute Gasteiger partial charge is 0.281 e. The number of unbranched alkanes of at least 4 members (excludes halogenated alkanes) is 1. The summed E-state index contributed by atoms with van der Waals surface area (Å²) in [5, 5.41) is 2.74. The molecular weight excluding hydrogens is 374 g/mol. The molecule has 1 aliphatic heterocycles. The number of benzene rings is 1. The highest BCUT2D eigenvalue weighted by atomic mass is 32.2. The molecule has 26 heavy (non-hydrogen) atoms. The van der Waals surface area contributed by atoms with E-state index in [0.717, 1.165) is 18.6 Å². The number of thioether (sulfide) groups is 1. The molecule has 0 unspecified atom stereocenters. The van der Waals surface area contributed by atoms with Gasteiger partial charge in [-0.2, -0.15) is 0 Å². The Morgan fingerprint density at radius 1 is 1.31 bits per heavy atom. The lowest BCUT2D eigenvalue weighted by Crippen LogP contribution is -2.28. The van der Waals surface area contributed by atoms with Crippen LogP contribution in [0.15, 0.2) is 29.2 Å². The van der Waals surface area contributed by atoms with E-state index >= 15 is 0 Å². The molecule has 0 aromatic heterocycles. The lowest BCUT2D eigenvalue weighted by Gasteiger charge is -2.17. The second kappa shape index (κ2) is 9.38. The largest absolute Gasteiger partial charge is 0.332 e. The zero-order valence-corrected chi connectivity index (χ0v) is 16.7. The third-order valence-corrected chi connectivity index (χ3v) is 6.89. The van der Waals surface area contributed by atoms with Gasteiger partial charge in [0.2, 0.25) is 15.9 Å². The second-order valence-corrected chi connectivity index (χ2v) is 9.20. The fourth-order valence-electron chi connectivity index (χ4n) is 2.48. The van der Waals surface area contributed by atoms with Crippen LogP contribution in [0.25, 0.3) is 0 Å². The molecule has 1 saturated heterocycles. The Kier molecular flexibility index (Phi) is 7.48. The Morgan fingerprint density at radius 3 is 2.58 bits per heavy atom. The van der Waals surface area contributed by atoms with Crippen molar-refractivity contribution in [1.29, 1.82) is 0 Å². The van der Waals surface area contributed by atoms with Crippen LogP contribution in [0.5, 0.6) is 0 Å². The second-order valence-electron chi connectivity index (χ2n) is 6.10. The Labute approximate surface area is 159 Å². The van der Waals surface area contributed by atoms with Gasteiger partial charge in [0.25, 0.3) is 5.24 Å². The maximum absolute atomic E-state index is 12.5. The topological polar surface area (TPSA) is 86.8 Å². The van der Waals surface area contributed by atoms with E-state index in [-0.39, 0.29) is 22.5 Å². The molecular formula is C17H25N3O4S2. The van der Waals surface area contributed by atoms with Crippen LogP contribution in [0, 0.1) is 0 Å². The summed E-state index contributed by atoms with van der Waals surface area (Å²) in [5.74, 6) is 0.564. The van der Waals surface area contributed by atoms with Gasteiger partial charge in [0, 0.05) is 44.5 Å². The number of hydrogen-bond acceptors (Lipinski definition) is 5. The van der Waals surface area contributed by atoms with E-state index < -0.39 is 10.0 Å². The molecule has 0 atom stereocenters. The van der Waals surface area contributed by atoms with Gasteiger partial charge in [-0.05, 0) is 30.7 Å². The number of amides is 2. The van der Waals surface area contributed by atoms with Crippen LogP contribution in [-0.4, -0.2) is 61.2 Å². The van der Waals surface area contributed by atoms with Crippen molar-refractivity contribution in [1.82, 2.24) is 9.21 Å². The summed E-state index contributed by atoms with van der Waals surface area (Å²) < 4.78 is 26.2. The van der Waals surface area contributed by atoms with Gasteiger partial charge in [-0.25, -0.2) is 12.7 Å². The summed E-state index contributed by atoms with van der Waals surface area (Å²) in [6.07, 6.45) is 1.94. The molecule has 0 bridgehead atoms. The van der Waals surface area contributed by atoms with E-state index in [1.807, 2.05) is 6.92 Å². The lowest BCUT2D eigenvalue weighted by atomic mass is 10.3. The summed E-state index contributed by atoms with van der Waals surface area (Å²) in [5.41, 5.74) is 0.535. The minimum absolute atomic E-state index is 0.0135. The highest BCUT2D eigenvalue weighted by molar-refractivity contribution is 8.13. The number of anilines is 1. The van der Waals surface area contributed by atoms with Gasteiger partial charge in [-0.1, -0.05) is 25.1 Å². The van der Waals surface area contributed by atoms with Crippen LogP contribution in [-0.2, 0) is 14.8 Å². The molecule has 9 heteroatoms. The number of carbonyl (C=O) groups is 2. The molecule has 0 saturated carbocycles. The Balaban J connectivity index is 1.90. The van der Waals surface area contributed by atoms with Crippen LogP contribution < -0.4 is 5.32 Å². The number of nitrogens with zero attached hydrogens (tertiary/aromatic N) is 2. The van der Waals surface area contributed by atoms with Crippen molar-refractivity contribution in [3.63, 3.8) is 0 Å². The predicted molar refractivity (Wildman–Crippen MR) is 104 cm³/mol. The van der Waals surface area contributed by atoms with Crippen molar-refractivity contribution in [2.24, 2.45) is 0 Å². The minimum Gasteiger partial charge on any atom is -0.332 e. The van der Waals surface area contributed by atoms with Gasteiger partial charge in [-0.3, -0.25) is 9.59 Å².